The highest BCUT2D eigenvalue weighted by Crippen LogP contribution is 2.38. The minimum absolute atomic E-state index is 0.0589. The van der Waals surface area contributed by atoms with Crippen molar-refractivity contribution in [2.45, 2.75) is 25.4 Å². The van der Waals surface area contributed by atoms with Gasteiger partial charge in [-0.15, -0.1) is 0 Å². The number of nitrogen functional groups attached to an aromatic ring is 1. The molecule has 0 bridgehead atoms. The summed E-state index contributed by atoms with van der Waals surface area (Å²) in [6, 6.07) is 1.75. The molecule has 142 valence electrons. The highest BCUT2D eigenvalue weighted by molar-refractivity contribution is 5.85. The Balaban J connectivity index is 1.60. The largest absolute Gasteiger partial charge is 0.392 e. The predicted octanol–water partition coefficient (Wildman–Crippen LogP) is -0.637. The fourth-order valence-electron chi connectivity index (χ4n) is 4.15. The minimum atomic E-state index is -0.769. The van der Waals surface area contributed by atoms with E-state index in [1.807, 2.05) is 0 Å². The monoisotopic (exact) mass is 362 g/mol. The Morgan fingerprint density at radius 2 is 2.08 bits per heavy atom. The topological polar surface area (TPSA) is 117 Å². The summed E-state index contributed by atoms with van der Waals surface area (Å²) in [7, 11) is 0. The Bertz CT molecular complexity index is 680. The van der Waals surface area contributed by atoms with E-state index in [4.69, 9.17) is 15.5 Å². The molecule has 1 spiro atoms. The van der Waals surface area contributed by atoms with E-state index < -0.39 is 11.5 Å². The Morgan fingerprint density at radius 3 is 2.85 bits per heavy atom. The smallest absolute Gasteiger partial charge is 0.230 e. The number of hydrogen-bond donors (Lipinski definition) is 3. The zero-order valence-electron chi connectivity index (χ0n) is 14.9. The third-order valence-corrected chi connectivity index (χ3v) is 5.66. The Morgan fingerprint density at radius 1 is 1.27 bits per heavy atom. The number of morpholine rings is 1. The van der Waals surface area contributed by atoms with E-state index in [1.165, 1.54) is 0 Å². The Labute approximate surface area is 152 Å². The molecular formula is C17H26N6O3. The molecule has 1 aromatic heterocycles. The molecule has 0 unspecified atom stereocenters. The number of anilines is 3. The molecule has 3 aliphatic heterocycles. The first-order chi connectivity index (χ1) is 12.6. The number of amides is 1. The molecule has 4 rings (SSSR count). The van der Waals surface area contributed by atoms with Crippen LogP contribution in [0.3, 0.4) is 0 Å². The van der Waals surface area contributed by atoms with E-state index in [9.17, 15) is 9.90 Å². The van der Waals surface area contributed by atoms with Crippen LogP contribution in [0.2, 0.25) is 0 Å². The van der Waals surface area contributed by atoms with Gasteiger partial charge in [0.1, 0.15) is 11.6 Å². The second-order valence-corrected chi connectivity index (χ2v) is 7.29. The van der Waals surface area contributed by atoms with Gasteiger partial charge in [-0.3, -0.25) is 4.79 Å². The third-order valence-electron chi connectivity index (χ3n) is 5.66. The van der Waals surface area contributed by atoms with Crippen molar-refractivity contribution < 1.29 is 14.6 Å². The fourth-order valence-corrected chi connectivity index (χ4v) is 4.15. The van der Waals surface area contributed by atoms with Crippen LogP contribution >= 0.6 is 0 Å². The van der Waals surface area contributed by atoms with E-state index in [-0.39, 0.29) is 5.91 Å². The van der Waals surface area contributed by atoms with Crippen LogP contribution in [0.4, 0.5) is 17.6 Å². The van der Waals surface area contributed by atoms with Crippen LogP contribution in [0.5, 0.6) is 0 Å². The number of aliphatic hydroxyl groups excluding tert-OH is 1. The molecule has 9 heteroatoms. The second kappa shape index (κ2) is 6.88. The lowest BCUT2D eigenvalue weighted by atomic mass is 9.71. The van der Waals surface area contributed by atoms with Crippen molar-refractivity contribution in [1.82, 2.24) is 15.3 Å². The molecule has 3 saturated heterocycles. The molecule has 1 amide bonds. The summed E-state index contributed by atoms with van der Waals surface area (Å²) in [6.45, 7) is 4.50. The number of aliphatic hydroxyl groups is 1. The number of hydrogen-bond acceptors (Lipinski definition) is 8. The molecule has 4 N–H and O–H groups in total. The molecule has 0 aliphatic carbocycles. The molecule has 3 fully saturated rings. The van der Waals surface area contributed by atoms with Crippen LogP contribution < -0.4 is 20.9 Å². The highest BCUT2D eigenvalue weighted by Gasteiger charge is 2.50. The molecule has 3 aliphatic rings. The number of rotatable bonds is 2. The maximum absolute atomic E-state index is 12.6. The third kappa shape index (κ3) is 3.05. The van der Waals surface area contributed by atoms with Crippen LogP contribution in [0.25, 0.3) is 0 Å². The number of carbonyl (C=O) groups is 1. The second-order valence-electron chi connectivity index (χ2n) is 7.29. The predicted molar refractivity (Wildman–Crippen MR) is 97.0 cm³/mol. The summed E-state index contributed by atoms with van der Waals surface area (Å²) in [5, 5.41) is 13.5. The molecule has 26 heavy (non-hydrogen) atoms. The molecule has 1 aromatic rings. The van der Waals surface area contributed by atoms with Crippen LogP contribution in [-0.4, -0.2) is 73.0 Å². The van der Waals surface area contributed by atoms with Gasteiger partial charge in [-0.05, 0) is 19.3 Å². The zero-order valence-corrected chi connectivity index (χ0v) is 14.9. The van der Waals surface area contributed by atoms with Gasteiger partial charge in [0.25, 0.3) is 0 Å². The Kier molecular flexibility index (Phi) is 4.58. The zero-order chi connectivity index (χ0) is 18.1. The summed E-state index contributed by atoms with van der Waals surface area (Å²) in [4.78, 5) is 25.7. The van der Waals surface area contributed by atoms with Crippen molar-refractivity contribution in [3.8, 4) is 0 Å². The fraction of sp³-hybridized carbons (Fsp3) is 0.706. The van der Waals surface area contributed by atoms with E-state index in [2.05, 4.69) is 20.1 Å². The minimum Gasteiger partial charge on any atom is -0.392 e. The normalized spacial score (nSPS) is 29.7. The first kappa shape index (κ1) is 17.3. The first-order valence-corrected chi connectivity index (χ1v) is 9.27. The van der Waals surface area contributed by atoms with Crippen LogP contribution in [-0.2, 0) is 9.53 Å². The maximum Gasteiger partial charge on any atom is 0.230 e. The van der Waals surface area contributed by atoms with Crippen molar-refractivity contribution in [3.63, 3.8) is 0 Å². The molecule has 4 heterocycles. The lowest BCUT2D eigenvalue weighted by Crippen LogP contribution is -2.61. The lowest BCUT2D eigenvalue weighted by molar-refractivity contribution is -0.142. The number of ether oxygens (including phenoxy) is 1. The van der Waals surface area contributed by atoms with Crippen molar-refractivity contribution >= 4 is 23.5 Å². The summed E-state index contributed by atoms with van der Waals surface area (Å²) in [5.74, 6) is 1.65. The van der Waals surface area contributed by atoms with Crippen molar-refractivity contribution in [3.05, 3.63) is 6.07 Å². The van der Waals surface area contributed by atoms with Gasteiger partial charge < -0.3 is 30.7 Å². The van der Waals surface area contributed by atoms with Crippen molar-refractivity contribution in [2.75, 3.05) is 61.5 Å². The number of nitrogens with one attached hydrogen (secondary N) is 1. The van der Waals surface area contributed by atoms with E-state index in [0.29, 0.717) is 63.3 Å². The molecule has 0 saturated carbocycles. The van der Waals surface area contributed by atoms with Gasteiger partial charge in [-0.2, -0.15) is 9.97 Å². The number of nitrogens with zero attached hydrogens (tertiary/aromatic N) is 4. The summed E-state index contributed by atoms with van der Waals surface area (Å²) >= 11 is 0. The van der Waals surface area contributed by atoms with Crippen LogP contribution in [0, 0.1) is 5.41 Å². The Hall–Kier alpha value is -2.13. The maximum atomic E-state index is 12.6. The van der Waals surface area contributed by atoms with Crippen LogP contribution in [0.15, 0.2) is 6.07 Å². The van der Waals surface area contributed by atoms with E-state index in [0.717, 1.165) is 19.5 Å². The van der Waals surface area contributed by atoms with Gasteiger partial charge >= 0.3 is 0 Å². The van der Waals surface area contributed by atoms with Gasteiger partial charge in [0.2, 0.25) is 11.9 Å². The van der Waals surface area contributed by atoms with Crippen LogP contribution in [0.1, 0.15) is 19.3 Å². The lowest BCUT2D eigenvalue weighted by Gasteiger charge is -2.47. The number of piperidine rings is 2. The highest BCUT2D eigenvalue weighted by atomic mass is 16.5. The van der Waals surface area contributed by atoms with Gasteiger partial charge in [-0.1, -0.05) is 0 Å². The summed E-state index contributed by atoms with van der Waals surface area (Å²) in [5.41, 5.74) is 5.26. The number of aromatic nitrogens is 2. The van der Waals surface area contributed by atoms with Gasteiger partial charge in [0.05, 0.1) is 24.7 Å². The van der Waals surface area contributed by atoms with Gasteiger partial charge in [0.15, 0.2) is 0 Å². The van der Waals surface area contributed by atoms with Crippen molar-refractivity contribution in [1.29, 1.82) is 0 Å². The SMILES string of the molecule is Nc1cc(N2CC[C@@H](O)[C@@]3(CCCNC3=O)C2)nc(N2CCOCC2)n1. The number of carbonyl (C=O) groups excluding carboxylic acids is 1. The molecule has 2 atom stereocenters. The summed E-state index contributed by atoms with van der Waals surface area (Å²) in [6.07, 6.45) is 1.47. The average Bonchev–Trinajstić information content (AvgIpc) is 2.66. The first-order valence-electron chi connectivity index (χ1n) is 9.27. The van der Waals surface area contributed by atoms with E-state index >= 15 is 0 Å². The van der Waals surface area contributed by atoms with Crippen molar-refractivity contribution in [2.24, 2.45) is 5.41 Å². The standard InChI is InChI=1S/C17H26N6O3/c18-13-10-14(21-16(20-13)22-6-8-26-9-7-22)23-5-2-12(24)17(11-23)3-1-4-19-15(17)25/h10,12,24H,1-9,11H2,(H,19,25)(H2,18,20,21)/t12-,17-/m1/s1. The molecular weight excluding hydrogens is 336 g/mol. The van der Waals surface area contributed by atoms with Gasteiger partial charge in [0, 0.05) is 38.8 Å². The van der Waals surface area contributed by atoms with E-state index in [1.54, 1.807) is 6.07 Å². The molecule has 9 nitrogen and oxygen atoms in total. The number of nitrogens with two attached hydrogens (primary N) is 1. The summed E-state index contributed by atoms with van der Waals surface area (Å²) < 4.78 is 5.39. The molecule has 0 radical (unpaired) electrons. The average molecular weight is 362 g/mol. The quantitative estimate of drug-likeness (QED) is 0.636. The molecule has 0 aromatic carbocycles. The van der Waals surface area contributed by atoms with Gasteiger partial charge in [-0.25, -0.2) is 0 Å².